The molecule has 2 rings (SSSR count). The van der Waals surface area contributed by atoms with E-state index in [0.29, 0.717) is 11.4 Å². The summed E-state index contributed by atoms with van der Waals surface area (Å²) in [6.07, 6.45) is 0.567. The quantitative estimate of drug-likeness (QED) is 0.791. The van der Waals surface area contributed by atoms with E-state index >= 15 is 0 Å². The van der Waals surface area contributed by atoms with Crippen LogP contribution in [0.25, 0.3) is 0 Å². The Hall–Kier alpha value is -3.09. The van der Waals surface area contributed by atoms with Crippen LogP contribution in [-0.4, -0.2) is 23.9 Å². The van der Waals surface area contributed by atoms with E-state index in [9.17, 15) is 14.4 Å². The number of hydrogen-bond donors (Lipinski definition) is 2. The number of ether oxygens (including phenoxy) is 1. The predicted octanol–water partition coefficient (Wildman–Crippen LogP) is 2.10. The fourth-order valence-electron chi connectivity index (χ4n) is 1.91. The summed E-state index contributed by atoms with van der Waals surface area (Å²) in [7, 11) is 0. The van der Waals surface area contributed by atoms with Gasteiger partial charge >= 0.3 is 5.97 Å². The maximum Gasteiger partial charge on any atom is 0.338 e. The number of benzene rings is 1. The summed E-state index contributed by atoms with van der Waals surface area (Å²) in [5.41, 5.74) is 0.859. The van der Waals surface area contributed by atoms with Crippen molar-refractivity contribution in [2.45, 2.75) is 26.5 Å². The zero-order chi connectivity index (χ0) is 17.5. The molecular formula is C17H18N2O5. The van der Waals surface area contributed by atoms with Crippen LogP contribution in [0.3, 0.4) is 0 Å². The van der Waals surface area contributed by atoms with Crippen molar-refractivity contribution in [3.05, 3.63) is 54.0 Å². The molecule has 24 heavy (non-hydrogen) atoms. The molecule has 0 aliphatic heterocycles. The molecule has 1 aromatic heterocycles. The van der Waals surface area contributed by atoms with Gasteiger partial charge in [0, 0.05) is 12.6 Å². The standard InChI is InChI=1S/C17H18N2O5/c1-11(16(21)18-10-15-4-3-9-23-15)24-17(22)13-5-7-14(8-6-13)19-12(2)20/h3-9,11H,10H2,1-2H3,(H,18,21)(H,19,20)/t11-/m0/s1. The number of amides is 2. The van der Waals surface area contributed by atoms with E-state index in [2.05, 4.69) is 10.6 Å². The highest BCUT2D eigenvalue weighted by Crippen LogP contribution is 2.11. The number of anilines is 1. The Kier molecular flexibility index (Phi) is 5.73. The van der Waals surface area contributed by atoms with Crippen LogP contribution in [0, 0.1) is 0 Å². The number of esters is 1. The molecule has 2 N–H and O–H groups in total. The maximum atomic E-state index is 12.0. The van der Waals surface area contributed by atoms with Gasteiger partial charge in [0.2, 0.25) is 5.91 Å². The molecule has 0 fully saturated rings. The molecule has 0 radical (unpaired) electrons. The Morgan fingerprint density at radius 2 is 1.88 bits per heavy atom. The number of carbonyl (C=O) groups excluding carboxylic acids is 3. The first-order valence-corrected chi connectivity index (χ1v) is 7.34. The van der Waals surface area contributed by atoms with Crippen molar-refractivity contribution in [1.82, 2.24) is 5.32 Å². The summed E-state index contributed by atoms with van der Waals surface area (Å²) < 4.78 is 10.2. The Balaban J connectivity index is 1.86. The van der Waals surface area contributed by atoms with Gasteiger partial charge in [-0.1, -0.05) is 0 Å². The molecule has 0 spiro atoms. The van der Waals surface area contributed by atoms with Crippen molar-refractivity contribution in [2.24, 2.45) is 0 Å². The summed E-state index contributed by atoms with van der Waals surface area (Å²) in [6, 6.07) is 9.64. The Bertz CT molecular complexity index is 707. The van der Waals surface area contributed by atoms with Crippen LogP contribution in [0.5, 0.6) is 0 Å². The van der Waals surface area contributed by atoms with Gasteiger partial charge in [-0.2, -0.15) is 0 Å². The summed E-state index contributed by atoms with van der Waals surface area (Å²) >= 11 is 0. The first-order valence-electron chi connectivity index (χ1n) is 7.34. The van der Waals surface area contributed by atoms with Crippen LogP contribution in [-0.2, 0) is 20.9 Å². The molecule has 0 bridgehead atoms. The molecule has 1 aromatic carbocycles. The fourth-order valence-corrected chi connectivity index (χ4v) is 1.91. The number of hydrogen-bond acceptors (Lipinski definition) is 5. The Morgan fingerprint density at radius 3 is 2.46 bits per heavy atom. The number of rotatable bonds is 6. The van der Waals surface area contributed by atoms with Gasteiger partial charge in [-0.15, -0.1) is 0 Å². The van der Waals surface area contributed by atoms with E-state index in [1.807, 2.05) is 0 Å². The van der Waals surface area contributed by atoms with E-state index in [-0.39, 0.29) is 18.0 Å². The Labute approximate surface area is 139 Å². The van der Waals surface area contributed by atoms with E-state index in [1.165, 1.54) is 32.2 Å². The van der Waals surface area contributed by atoms with Gasteiger partial charge in [0.15, 0.2) is 6.10 Å². The number of carbonyl (C=O) groups is 3. The highest BCUT2D eigenvalue weighted by molar-refractivity contribution is 5.93. The maximum absolute atomic E-state index is 12.0. The van der Waals surface area contributed by atoms with E-state index in [0.717, 1.165) is 0 Å². The van der Waals surface area contributed by atoms with Crippen molar-refractivity contribution in [2.75, 3.05) is 5.32 Å². The smallest absolute Gasteiger partial charge is 0.338 e. The average molecular weight is 330 g/mol. The summed E-state index contributed by atoms with van der Waals surface area (Å²) in [5.74, 6) is -0.637. The third kappa shape index (κ3) is 4.98. The largest absolute Gasteiger partial charge is 0.467 e. The monoisotopic (exact) mass is 330 g/mol. The van der Waals surface area contributed by atoms with Crippen LogP contribution in [0.2, 0.25) is 0 Å². The molecule has 1 heterocycles. The van der Waals surface area contributed by atoms with Gasteiger partial charge in [0.25, 0.3) is 5.91 Å². The van der Waals surface area contributed by atoms with Gasteiger partial charge in [0.05, 0.1) is 18.4 Å². The van der Waals surface area contributed by atoms with E-state index in [1.54, 1.807) is 24.3 Å². The van der Waals surface area contributed by atoms with Gasteiger partial charge in [-0.05, 0) is 43.3 Å². The lowest BCUT2D eigenvalue weighted by Gasteiger charge is -2.13. The van der Waals surface area contributed by atoms with Crippen molar-refractivity contribution in [1.29, 1.82) is 0 Å². The zero-order valence-electron chi connectivity index (χ0n) is 13.4. The SMILES string of the molecule is CC(=O)Nc1ccc(C(=O)O[C@@H](C)C(=O)NCc2ccco2)cc1. The van der Waals surface area contributed by atoms with Crippen molar-refractivity contribution >= 4 is 23.5 Å². The van der Waals surface area contributed by atoms with Crippen LogP contribution in [0.1, 0.15) is 30.0 Å². The molecule has 0 aliphatic carbocycles. The lowest BCUT2D eigenvalue weighted by molar-refractivity contribution is -0.129. The molecule has 1 atom stereocenters. The molecule has 0 aliphatic rings. The predicted molar refractivity (Wildman–Crippen MR) is 86.2 cm³/mol. The van der Waals surface area contributed by atoms with Gasteiger partial charge in [0.1, 0.15) is 5.76 Å². The molecule has 7 nitrogen and oxygen atoms in total. The minimum Gasteiger partial charge on any atom is -0.467 e. The number of furan rings is 1. The second kappa shape index (κ2) is 7.96. The second-order valence-corrected chi connectivity index (χ2v) is 5.10. The Morgan fingerprint density at radius 1 is 1.17 bits per heavy atom. The molecular weight excluding hydrogens is 312 g/mol. The lowest BCUT2D eigenvalue weighted by Crippen LogP contribution is -2.35. The first-order chi connectivity index (χ1) is 11.5. The highest BCUT2D eigenvalue weighted by atomic mass is 16.5. The van der Waals surface area contributed by atoms with Crippen molar-refractivity contribution in [3.63, 3.8) is 0 Å². The summed E-state index contributed by atoms with van der Waals surface area (Å²) in [4.78, 5) is 34.9. The topological polar surface area (TPSA) is 97.6 Å². The number of nitrogens with one attached hydrogen (secondary N) is 2. The normalized spacial score (nSPS) is 11.4. The van der Waals surface area contributed by atoms with Gasteiger partial charge in [-0.25, -0.2) is 4.79 Å². The second-order valence-electron chi connectivity index (χ2n) is 5.10. The van der Waals surface area contributed by atoms with Gasteiger partial charge in [-0.3, -0.25) is 9.59 Å². The molecule has 7 heteroatoms. The summed E-state index contributed by atoms with van der Waals surface area (Å²) in [5, 5.41) is 5.21. The third-order valence-corrected chi connectivity index (χ3v) is 3.11. The molecule has 0 saturated carbocycles. The zero-order valence-corrected chi connectivity index (χ0v) is 13.4. The molecule has 126 valence electrons. The summed E-state index contributed by atoms with van der Waals surface area (Å²) in [6.45, 7) is 3.10. The average Bonchev–Trinajstić information content (AvgIpc) is 3.06. The molecule has 2 amide bonds. The molecule has 0 saturated heterocycles. The van der Waals surface area contributed by atoms with Crippen LogP contribution < -0.4 is 10.6 Å². The molecule has 0 unspecified atom stereocenters. The minimum absolute atomic E-state index is 0.202. The van der Waals surface area contributed by atoms with Gasteiger partial charge < -0.3 is 19.8 Å². The molecule has 2 aromatic rings. The fraction of sp³-hybridized carbons (Fsp3) is 0.235. The highest BCUT2D eigenvalue weighted by Gasteiger charge is 2.19. The van der Waals surface area contributed by atoms with Crippen LogP contribution >= 0.6 is 0 Å². The minimum atomic E-state index is -0.942. The van der Waals surface area contributed by atoms with E-state index in [4.69, 9.17) is 9.15 Å². The lowest BCUT2D eigenvalue weighted by atomic mass is 10.2. The van der Waals surface area contributed by atoms with Crippen LogP contribution in [0.4, 0.5) is 5.69 Å². The first kappa shape index (κ1) is 17.3. The van der Waals surface area contributed by atoms with Crippen molar-refractivity contribution < 1.29 is 23.5 Å². The van der Waals surface area contributed by atoms with E-state index < -0.39 is 18.0 Å². The van der Waals surface area contributed by atoms with Crippen molar-refractivity contribution in [3.8, 4) is 0 Å². The van der Waals surface area contributed by atoms with Crippen LogP contribution in [0.15, 0.2) is 47.1 Å². The third-order valence-electron chi connectivity index (χ3n) is 3.11.